The maximum Gasteiger partial charge on any atom is 1.00 e. The summed E-state index contributed by atoms with van der Waals surface area (Å²) in [6.07, 6.45) is 4.55. The van der Waals surface area contributed by atoms with Crippen molar-refractivity contribution in [1.29, 1.82) is 0 Å². The van der Waals surface area contributed by atoms with Gasteiger partial charge in [-0.1, -0.05) is 61.7 Å². The van der Waals surface area contributed by atoms with Crippen molar-refractivity contribution in [1.82, 2.24) is 9.13 Å². The largest absolute Gasteiger partial charge is 1.00 e. The van der Waals surface area contributed by atoms with Gasteiger partial charge in [0.15, 0.2) is 0 Å². The van der Waals surface area contributed by atoms with Gasteiger partial charge in [-0.15, -0.1) is 0 Å². The first-order valence-corrected chi connectivity index (χ1v) is 9.58. The standard InChI is InChI=1S/C22H26N2O3.Na/c25-21(26)15-7-2-1-3-10-16-23-19-13-8-9-14-20(19)24(22(23)27)17-18-11-5-4-6-12-18;/h4-6,8-9,11-14H,1-3,7,10,15-17H2,(H,25,26);/q;+1/p-1. The number of unbranched alkanes of at least 4 members (excludes halogenated alkanes) is 4. The van der Waals surface area contributed by atoms with Crippen LogP contribution in [0.2, 0.25) is 0 Å². The molecule has 1 aromatic heterocycles. The third kappa shape index (κ3) is 5.84. The molecule has 0 aliphatic carbocycles. The van der Waals surface area contributed by atoms with Crippen LogP contribution in [0, 0.1) is 0 Å². The predicted molar refractivity (Wildman–Crippen MR) is 104 cm³/mol. The second kappa shape index (κ2) is 11.2. The van der Waals surface area contributed by atoms with Crippen LogP contribution in [0.1, 0.15) is 44.1 Å². The van der Waals surface area contributed by atoms with Gasteiger partial charge in [-0.05, 0) is 37.0 Å². The quantitative estimate of drug-likeness (QED) is 0.361. The Labute approximate surface area is 187 Å². The molecule has 0 radical (unpaired) electrons. The Morgan fingerprint density at radius 1 is 0.786 bits per heavy atom. The van der Waals surface area contributed by atoms with Gasteiger partial charge in [-0.25, -0.2) is 4.79 Å². The zero-order valence-corrected chi connectivity index (χ0v) is 18.5. The number of fused-ring (bicyclic) bond motifs is 1. The van der Waals surface area contributed by atoms with E-state index < -0.39 is 5.97 Å². The van der Waals surface area contributed by atoms with E-state index >= 15 is 0 Å². The number of aryl methyl sites for hydroxylation is 1. The Morgan fingerprint density at radius 3 is 2.04 bits per heavy atom. The van der Waals surface area contributed by atoms with Crippen molar-refractivity contribution in [2.45, 2.75) is 51.6 Å². The molecule has 0 bridgehead atoms. The van der Waals surface area contributed by atoms with Crippen molar-refractivity contribution in [3.8, 4) is 0 Å². The molecule has 3 rings (SSSR count). The number of carbonyl (C=O) groups is 1. The molecule has 0 unspecified atom stereocenters. The fraction of sp³-hybridized carbons (Fsp3) is 0.364. The molecule has 28 heavy (non-hydrogen) atoms. The molecule has 0 aliphatic heterocycles. The first kappa shape index (κ1) is 22.5. The number of aromatic nitrogens is 2. The van der Waals surface area contributed by atoms with E-state index in [0.29, 0.717) is 19.5 Å². The molecule has 0 N–H and O–H groups in total. The molecule has 0 aliphatic rings. The van der Waals surface area contributed by atoms with Gasteiger partial charge < -0.3 is 9.90 Å². The van der Waals surface area contributed by atoms with Crippen LogP contribution in [-0.2, 0) is 17.9 Å². The zero-order valence-electron chi connectivity index (χ0n) is 16.5. The summed E-state index contributed by atoms with van der Waals surface area (Å²) in [6.45, 7) is 1.25. The molecule has 142 valence electrons. The van der Waals surface area contributed by atoms with Crippen LogP contribution in [-0.4, -0.2) is 15.1 Å². The van der Waals surface area contributed by atoms with Gasteiger partial charge in [-0.3, -0.25) is 9.13 Å². The minimum Gasteiger partial charge on any atom is -0.550 e. The minimum absolute atomic E-state index is 0. The number of benzene rings is 2. The number of para-hydroxylation sites is 2. The number of carboxylic acid groups (broad SMARTS) is 1. The van der Waals surface area contributed by atoms with E-state index in [9.17, 15) is 14.7 Å². The fourth-order valence-corrected chi connectivity index (χ4v) is 3.48. The van der Waals surface area contributed by atoms with Crippen LogP contribution in [0.25, 0.3) is 11.0 Å². The molecule has 0 atom stereocenters. The zero-order chi connectivity index (χ0) is 19.1. The first-order chi connectivity index (χ1) is 13.2. The van der Waals surface area contributed by atoms with Crippen molar-refractivity contribution in [3.63, 3.8) is 0 Å². The third-order valence-corrected chi connectivity index (χ3v) is 4.87. The monoisotopic (exact) mass is 388 g/mol. The molecule has 0 saturated heterocycles. The molecule has 3 aromatic rings. The van der Waals surface area contributed by atoms with E-state index in [-0.39, 0.29) is 41.7 Å². The van der Waals surface area contributed by atoms with E-state index in [0.717, 1.165) is 42.3 Å². The first-order valence-electron chi connectivity index (χ1n) is 9.58. The Kier molecular flexibility index (Phi) is 9.03. The van der Waals surface area contributed by atoms with Gasteiger partial charge in [0.2, 0.25) is 0 Å². The van der Waals surface area contributed by atoms with Crippen LogP contribution in [0.4, 0.5) is 0 Å². The van der Waals surface area contributed by atoms with E-state index in [1.165, 1.54) is 0 Å². The number of nitrogens with zero attached hydrogens (tertiary/aromatic N) is 2. The molecule has 0 saturated carbocycles. The predicted octanol–water partition coefficient (Wildman–Crippen LogP) is -0.0542. The second-order valence-corrected chi connectivity index (χ2v) is 6.88. The van der Waals surface area contributed by atoms with Gasteiger partial charge in [0.05, 0.1) is 17.6 Å². The average Bonchev–Trinajstić information content (AvgIpc) is 2.93. The Morgan fingerprint density at radius 2 is 1.36 bits per heavy atom. The molecular formula is C22H25N2NaO3. The molecule has 2 aromatic carbocycles. The fourth-order valence-electron chi connectivity index (χ4n) is 3.48. The van der Waals surface area contributed by atoms with Gasteiger partial charge in [-0.2, -0.15) is 0 Å². The molecule has 0 fully saturated rings. The smallest absolute Gasteiger partial charge is 0.550 e. The van der Waals surface area contributed by atoms with Crippen LogP contribution < -0.4 is 40.4 Å². The number of imidazole rings is 1. The van der Waals surface area contributed by atoms with Gasteiger partial charge >= 0.3 is 35.2 Å². The Balaban J connectivity index is 0.00000280. The summed E-state index contributed by atoms with van der Waals surface area (Å²) in [6, 6.07) is 17.9. The molecule has 1 heterocycles. The number of rotatable bonds is 10. The number of carbonyl (C=O) groups excluding carboxylic acids is 1. The maximum absolute atomic E-state index is 13.0. The van der Waals surface area contributed by atoms with Crippen molar-refractivity contribution in [3.05, 3.63) is 70.6 Å². The maximum atomic E-state index is 13.0. The van der Waals surface area contributed by atoms with Crippen molar-refractivity contribution in [2.24, 2.45) is 0 Å². The van der Waals surface area contributed by atoms with Crippen LogP contribution in [0.3, 0.4) is 0 Å². The summed E-state index contributed by atoms with van der Waals surface area (Å²) in [5, 5.41) is 10.4. The topological polar surface area (TPSA) is 67.1 Å². The number of aliphatic carboxylic acids is 1. The van der Waals surface area contributed by atoms with Crippen LogP contribution in [0.15, 0.2) is 59.4 Å². The van der Waals surface area contributed by atoms with E-state index in [2.05, 4.69) is 0 Å². The molecule has 0 spiro atoms. The molecule has 6 heteroatoms. The van der Waals surface area contributed by atoms with Crippen molar-refractivity contribution >= 4 is 17.0 Å². The van der Waals surface area contributed by atoms with Crippen molar-refractivity contribution < 1.29 is 39.5 Å². The van der Waals surface area contributed by atoms with Crippen molar-refractivity contribution in [2.75, 3.05) is 0 Å². The van der Waals surface area contributed by atoms with Crippen LogP contribution >= 0.6 is 0 Å². The van der Waals surface area contributed by atoms with Gasteiger partial charge in [0.25, 0.3) is 0 Å². The summed E-state index contributed by atoms with van der Waals surface area (Å²) >= 11 is 0. The summed E-state index contributed by atoms with van der Waals surface area (Å²) in [7, 11) is 0. The summed E-state index contributed by atoms with van der Waals surface area (Å²) in [5.74, 6) is -0.979. The normalized spacial score (nSPS) is 10.7. The van der Waals surface area contributed by atoms with E-state index in [1.807, 2.05) is 63.7 Å². The molecule has 5 nitrogen and oxygen atoms in total. The number of carboxylic acids is 1. The Bertz CT molecular complexity index is 947. The van der Waals surface area contributed by atoms with Crippen LogP contribution in [0.5, 0.6) is 0 Å². The minimum atomic E-state index is -0.979. The third-order valence-electron chi connectivity index (χ3n) is 4.87. The second-order valence-electron chi connectivity index (χ2n) is 6.88. The number of hydrogen-bond acceptors (Lipinski definition) is 3. The SMILES string of the molecule is O=C([O-])CCCCCCCn1c(=O)n(Cc2ccccc2)c2ccccc21.[Na+]. The summed E-state index contributed by atoms with van der Waals surface area (Å²) < 4.78 is 3.70. The number of hydrogen-bond donors (Lipinski definition) is 0. The van der Waals surface area contributed by atoms with E-state index in [4.69, 9.17) is 0 Å². The van der Waals surface area contributed by atoms with Gasteiger partial charge in [0, 0.05) is 12.5 Å². The molecular weight excluding hydrogens is 363 g/mol. The summed E-state index contributed by atoms with van der Waals surface area (Å²) in [5.41, 5.74) is 3.06. The summed E-state index contributed by atoms with van der Waals surface area (Å²) in [4.78, 5) is 23.4. The Hall–Kier alpha value is -1.82. The molecule has 0 amide bonds. The average molecular weight is 388 g/mol. The van der Waals surface area contributed by atoms with E-state index in [1.54, 1.807) is 0 Å². The van der Waals surface area contributed by atoms with Gasteiger partial charge in [0.1, 0.15) is 0 Å².